The lowest BCUT2D eigenvalue weighted by atomic mass is 9.53. The van der Waals surface area contributed by atoms with Crippen LogP contribution in [-0.4, -0.2) is 32.6 Å². The predicted molar refractivity (Wildman–Crippen MR) is 113 cm³/mol. The van der Waals surface area contributed by atoms with Crippen LogP contribution in [0.2, 0.25) is 0 Å². The molecule has 0 unspecified atom stereocenters. The number of esters is 1. The molecule has 0 aromatic carbocycles. The van der Waals surface area contributed by atoms with Gasteiger partial charge in [-0.25, -0.2) is 0 Å². The van der Waals surface area contributed by atoms with Crippen LogP contribution in [0, 0.1) is 29.1 Å². The molecule has 2 aliphatic carbocycles. The molecule has 2 aliphatic rings. The third-order valence-electron chi connectivity index (χ3n) is 7.14. The van der Waals surface area contributed by atoms with Gasteiger partial charge in [0.2, 0.25) is 0 Å². The number of allylic oxidation sites excluding steroid dienone is 1. The fourth-order valence-electron chi connectivity index (χ4n) is 5.61. The largest absolute Gasteiger partial charge is 0.466 e. The molecule has 0 saturated heterocycles. The molecule has 6 atom stereocenters. The lowest BCUT2D eigenvalue weighted by Crippen LogP contribution is -2.53. The van der Waals surface area contributed by atoms with E-state index in [1.165, 1.54) is 32.1 Å². The zero-order valence-corrected chi connectivity index (χ0v) is 18.7. The highest BCUT2D eigenvalue weighted by atomic mass is 16.7. The van der Waals surface area contributed by atoms with Gasteiger partial charge in [0.05, 0.1) is 18.1 Å². The van der Waals surface area contributed by atoms with E-state index in [4.69, 9.17) is 14.2 Å². The summed E-state index contributed by atoms with van der Waals surface area (Å²) in [5, 5.41) is 0. The Morgan fingerprint density at radius 2 is 1.96 bits per heavy atom. The summed E-state index contributed by atoms with van der Waals surface area (Å²) in [6.45, 7) is 9.40. The fourth-order valence-corrected chi connectivity index (χ4v) is 5.61. The Hall–Kier alpha value is -0.870. The van der Waals surface area contributed by atoms with Gasteiger partial charge in [-0.2, -0.15) is 0 Å². The average molecular weight is 395 g/mol. The molecule has 162 valence electrons. The van der Waals surface area contributed by atoms with Crippen LogP contribution in [0.15, 0.2) is 12.2 Å². The van der Waals surface area contributed by atoms with Crippen LogP contribution >= 0.6 is 0 Å². The summed E-state index contributed by atoms with van der Waals surface area (Å²) < 4.78 is 16.8. The molecule has 0 aromatic rings. The normalized spacial score (nSPS) is 33.3. The number of carbonyl (C=O) groups is 1. The Kier molecular flexibility index (Phi) is 9.49. The first-order valence-corrected chi connectivity index (χ1v) is 11.5. The molecule has 28 heavy (non-hydrogen) atoms. The van der Waals surface area contributed by atoms with Gasteiger partial charge in [-0.1, -0.05) is 64.5 Å². The SMILES string of the molecule is CCCCCC[C@@H](C)[C@@H]1C=C[C@@H]2[C@H](OCOC)CCC[C@@H]2[C@@]1(C)C(=O)OCC. The maximum atomic E-state index is 13.3. The second-order valence-corrected chi connectivity index (χ2v) is 8.97. The van der Waals surface area contributed by atoms with Gasteiger partial charge in [-0.15, -0.1) is 0 Å². The molecule has 1 saturated carbocycles. The molecule has 0 spiro atoms. The minimum Gasteiger partial charge on any atom is -0.466 e. The highest BCUT2D eigenvalue weighted by molar-refractivity contribution is 5.78. The molecule has 4 heteroatoms. The van der Waals surface area contributed by atoms with E-state index in [0.29, 0.717) is 19.3 Å². The van der Waals surface area contributed by atoms with Crippen LogP contribution in [0.1, 0.15) is 79.1 Å². The van der Waals surface area contributed by atoms with Gasteiger partial charge < -0.3 is 14.2 Å². The number of carbonyl (C=O) groups excluding carboxylic acids is 1. The van der Waals surface area contributed by atoms with E-state index in [-0.39, 0.29) is 29.8 Å². The Labute approximate surface area is 172 Å². The summed E-state index contributed by atoms with van der Waals surface area (Å²) in [6, 6.07) is 0. The van der Waals surface area contributed by atoms with Crippen LogP contribution in [0.4, 0.5) is 0 Å². The molecule has 0 radical (unpaired) electrons. The minimum absolute atomic E-state index is 0.0212. The summed E-state index contributed by atoms with van der Waals surface area (Å²) in [5.74, 6) is 1.23. The van der Waals surface area contributed by atoms with Gasteiger partial charge in [-0.05, 0) is 44.4 Å². The molecule has 0 heterocycles. The van der Waals surface area contributed by atoms with Crippen molar-refractivity contribution >= 4 is 5.97 Å². The molecule has 1 fully saturated rings. The van der Waals surface area contributed by atoms with Crippen molar-refractivity contribution in [2.24, 2.45) is 29.1 Å². The zero-order valence-electron chi connectivity index (χ0n) is 18.7. The van der Waals surface area contributed by atoms with Gasteiger partial charge in [0.25, 0.3) is 0 Å². The summed E-state index contributed by atoms with van der Waals surface area (Å²) in [6.07, 6.45) is 14.2. The van der Waals surface area contributed by atoms with Crippen molar-refractivity contribution < 1.29 is 19.0 Å². The average Bonchev–Trinajstić information content (AvgIpc) is 2.70. The summed E-state index contributed by atoms with van der Waals surface area (Å²) in [5.41, 5.74) is -0.477. The van der Waals surface area contributed by atoms with Gasteiger partial charge in [0.1, 0.15) is 6.79 Å². The predicted octanol–water partition coefficient (Wildman–Crippen LogP) is 5.75. The third kappa shape index (κ3) is 5.18. The van der Waals surface area contributed by atoms with Crippen molar-refractivity contribution in [1.29, 1.82) is 0 Å². The number of methoxy groups -OCH3 is 1. The molecular weight excluding hydrogens is 352 g/mol. The summed E-state index contributed by atoms with van der Waals surface area (Å²) in [4.78, 5) is 13.3. The van der Waals surface area contributed by atoms with Crippen molar-refractivity contribution in [3.05, 3.63) is 12.2 Å². The Morgan fingerprint density at radius 3 is 2.64 bits per heavy atom. The van der Waals surface area contributed by atoms with Crippen molar-refractivity contribution in [1.82, 2.24) is 0 Å². The van der Waals surface area contributed by atoms with Gasteiger partial charge >= 0.3 is 5.97 Å². The summed E-state index contributed by atoms with van der Waals surface area (Å²) >= 11 is 0. The van der Waals surface area contributed by atoms with E-state index >= 15 is 0 Å². The Balaban J connectivity index is 2.24. The van der Waals surface area contributed by atoms with Crippen LogP contribution in [0.3, 0.4) is 0 Å². The molecule has 0 amide bonds. The maximum Gasteiger partial charge on any atom is 0.312 e. The van der Waals surface area contributed by atoms with Crippen molar-refractivity contribution in [3.8, 4) is 0 Å². The third-order valence-corrected chi connectivity index (χ3v) is 7.14. The van der Waals surface area contributed by atoms with E-state index in [1.54, 1.807) is 7.11 Å². The summed E-state index contributed by atoms with van der Waals surface area (Å²) in [7, 11) is 1.66. The standard InChI is InChI=1S/C24H42O4/c1-6-8-9-10-12-18(3)20-16-15-19-21(24(20,4)23(25)27-7-2)13-11-14-22(19)28-17-26-5/h15-16,18-22H,6-14,17H2,1-5H3/t18-,19+,20+,21+,22-,24+/m1/s1. The van der Waals surface area contributed by atoms with Crippen LogP contribution in [0.25, 0.3) is 0 Å². The number of hydrogen-bond donors (Lipinski definition) is 0. The second kappa shape index (κ2) is 11.3. The topological polar surface area (TPSA) is 44.8 Å². The molecule has 0 aliphatic heterocycles. The Bertz CT molecular complexity index is 503. The van der Waals surface area contributed by atoms with Gasteiger partial charge in [0, 0.05) is 13.0 Å². The highest BCUT2D eigenvalue weighted by Crippen LogP contribution is 2.54. The fraction of sp³-hybridized carbons (Fsp3) is 0.875. The number of unbranched alkanes of at least 4 members (excludes halogenated alkanes) is 3. The van der Waals surface area contributed by atoms with E-state index in [2.05, 4.69) is 32.9 Å². The molecule has 4 nitrogen and oxygen atoms in total. The van der Waals surface area contributed by atoms with Crippen molar-refractivity contribution in [2.75, 3.05) is 20.5 Å². The number of fused-ring (bicyclic) bond motifs is 1. The first kappa shape index (κ1) is 23.4. The first-order chi connectivity index (χ1) is 13.5. The molecule has 0 aromatic heterocycles. The second-order valence-electron chi connectivity index (χ2n) is 8.97. The lowest BCUT2D eigenvalue weighted by molar-refractivity contribution is -0.172. The smallest absolute Gasteiger partial charge is 0.312 e. The highest BCUT2D eigenvalue weighted by Gasteiger charge is 2.55. The van der Waals surface area contributed by atoms with Crippen LogP contribution < -0.4 is 0 Å². The minimum atomic E-state index is -0.477. The van der Waals surface area contributed by atoms with Crippen molar-refractivity contribution in [3.63, 3.8) is 0 Å². The number of rotatable bonds is 11. The van der Waals surface area contributed by atoms with Gasteiger partial charge in [0.15, 0.2) is 0 Å². The monoisotopic (exact) mass is 394 g/mol. The first-order valence-electron chi connectivity index (χ1n) is 11.5. The van der Waals surface area contributed by atoms with E-state index < -0.39 is 5.41 Å². The molecular formula is C24H42O4. The van der Waals surface area contributed by atoms with Crippen LogP contribution in [0.5, 0.6) is 0 Å². The van der Waals surface area contributed by atoms with E-state index in [9.17, 15) is 4.79 Å². The molecule has 0 bridgehead atoms. The maximum absolute atomic E-state index is 13.3. The Morgan fingerprint density at radius 1 is 1.18 bits per heavy atom. The van der Waals surface area contributed by atoms with E-state index in [0.717, 1.165) is 19.3 Å². The number of ether oxygens (including phenoxy) is 3. The van der Waals surface area contributed by atoms with Gasteiger partial charge in [-0.3, -0.25) is 4.79 Å². The quantitative estimate of drug-likeness (QED) is 0.194. The van der Waals surface area contributed by atoms with Crippen molar-refractivity contribution in [2.45, 2.75) is 85.2 Å². The number of hydrogen-bond acceptors (Lipinski definition) is 4. The van der Waals surface area contributed by atoms with Crippen LogP contribution in [-0.2, 0) is 19.0 Å². The molecule has 0 N–H and O–H groups in total. The zero-order chi connectivity index (χ0) is 20.6. The van der Waals surface area contributed by atoms with E-state index in [1.807, 2.05) is 6.92 Å². The molecule has 2 rings (SSSR count). The lowest BCUT2D eigenvalue weighted by Gasteiger charge is -2.52.